The average Bonchev–Trinajstić information content (AvgIpc) is 3.25. The van der Waals surface area contributed by atoms with Gasteiger partial charge in [-0.15, -0.1) is 0 Å². The fourth-order valence-electron chi connectivity index (χ4n) is 4.82. The van der Waals surface area contributed by atoms with Gasteiger partial charge in [0, 0.05) is 32.6 Å². The fourth-order valence-corrected chi connectivity index (χ4v) is 6.10. The zero-order chi connectivity index (χ0) is 25.0. The molecule has 0 aromatic heterocycles. The van der Waals surface area contributed by atoms with Crippen molar-refractivity contribution in [1.82, 2.24) is 19.8 Å². The molecule has 11 nitrogen and oxygen atoms in total. The molecule has 0 radical (unpaired) electrons. The van der Waals surface area contributed by atoms with Gasteiger partial charge in [-0.05, 0) is 61.8 Å². The van der Waals surface area contributed by atoms with Crippen molar-refractivity contribution in [2.45, 2.75) is 49.5 Å². The molecular weight excluding hydrogens is 472 g/mol. The maximum Gasteiger partial charge on any atom is 0.241 e. The Morgan fingerprint density at radius 2 is 1.94 bits per heavy atom. The van der Waals surface area contributed by atoms with Crippen molar-refractivity contribution < 1.29 is 22.7 Å². The lowest BCUT2D eigenvalue weighted by molar-refractivity contribution is -0.137. The van der Waals surface area contributed by atoms with Gasteiger partial charge in [0.05, 0.1) is 18.0 Å². The Hall–Kier alpha value is -2.86. The smallest absolute Gasteiger partial charge is 0.241 e. The molecule has 12 heteroatoms. The quantitative estimate of drug-likeness (QED) is 0.299. The molecule has 2 amide bonds. The van der Waals surface area contributed by atoms with Crippen molar-refractivity contribution >= 4 is 27.8 Å². The predicted molar refractivity (Wildman–Crippen MR) is 129 cm³/mol. The third-order valence-electron chi connectivity index (χ3n) is 6.93. The number of nitrogens with zero attached hydrogens (tertiary/aromatic N) is 2. The molecule has 3 aliphatic heterocycles. The van der Waals surface area contributed by atoms with Gasteiger partial charge in [-0.2, -0.15) is 4.72 Å². The lowest BCUT2D eigenvalue weighted by atomic mass is 9.97. The van der Waals surface area contributed by atoms with Gasteiger partial charge in [-0.3, -0.25) is 15.0 Å². The minimum absolute atomic E-state index is 0.0718. The molecule has 2 saturated heterocycles. The zero-order valence-corrected chi connectivity index (χ0v) is 20.6. The Balaban J connectivity index is 1.31. The third-order valence-corrected chi connectivity index (χ3v) is 8.40. The summed E-state index contributed by atoms with van der Waals surface area (Å²) < 4.78 is 34.0. The van der Waals surface area contributed by atoms with Gasteiger partial charge in [0.15, 0.2) is 5.96 Å². The number of piperidine rings is 1. The van der Waals surface area contributed by atoms with Crippen LogP contribution in [0.4, 0.5) is 0 Å². The number of likely N-dealkylation sites (tertiary alicyclic amines) is 2. The van der Waals surface area contributed by atoms with Crippen LogP contribution in [0.25, 0.3) is 0 Å². The molecule has 3 aliphatic rings. The van der Waals surface area contributed by atoms with Crippen LogP contribution in [0.3, 0.4) is 0 Å². The summed E-state index contributed by atoms with van der Waals surface area (Å²) >= 11 is 0. The molecule has 35 heavy (non-hydrogen) atoms. The van der Waals surface area contributed by atoms with Crippen LogP contribution in [-0.4, -0.2) is 81.4 Å². The van der Waals surface area contributed by atoms with Gasteiger partial charge in [-0.25, -0.2) is 8.42 Å². The highest BCUT2D eigenvalue weighted by atomic mass is 32.2. The van der Waals surface area contributed by atoms with Crippen molar-refractivity contribution in [1.29, 1.82) is 5.41 Å². The van der Waals surface area contributed by atoms with E-state index in [1.807, 2.05) is 4.90 Å². The summed E-state index contributed by atoms with van der Waals surface area (Å²) in [7, 11) is -3.90. The van der Waals surface area contributed by atoms with Gasteiger partial charge in [-0.1, -0.05) is 0 Å². The number of nitrogens with two attached hydrogens (primary N) is 1. The Labute approximate surface area is 205 Å². The monoisotopic (exact) mass is 506 g/mol. The summed E-state index contributed by atoms with van der Waals surface area (Å²) in [6.07, 6.45) is 4.10. The van der Waals surface area contributed by atoms with E-state index in [0.717, 1.165) is 18.4 Å². The number of fused-ring (bicyclic) bond motifs is 1. The summed E-state index contributed by atoms with van der Waals surface area (Å²) in [6.45, 7) is 2.74. The van der Waals surface area contributed by atoms with Crippen LogP contribution in [0.15, 0.2) is 23.1 Å². The summed E-state index contributed by atoms with van der Waals surface area (Å²) in [5.74, 6) is 0.431. The predicted octanol–water partition coefficient (Wildman–Crippen LogP) is 0.00257. The zero-order valence-electron chi connectivity index (χ0n) is 19.8. The molecule has 192 valence electrons. The van der Waals surface area contributed by atoms with Gasteiger partial charge in [0.1, 0.15) is 11.8 Å². The molecule has 0 aliphatic carbocycles. The minimum atomic E-state index is -3.90. The van der Waals surface area contributed by atoms with Crippen LogP contribution in [0.2, 0.25) is 0 Å². The number of rotatable bonds is 7. The van der Waals surface area contributed by atoms with Crippen LogP contribution >= 0.6 is 0 Å². The second kappa shape index (κ2) is 10.8. The summed E-state index contributed by atoms with van der Waals surface area (Å²) in [4.78, 5) is 29.1. The molecule has 1 aromatic carbocycles. The molecule has 0 spiro atoms. The van der Waals surface area contributed by atoms with Crippen LogP contribution in [0.5, 0.6) is 5.75 Å². The van der Waals surface area contributed by atoms with Crippen molar-refractivity contribution in [3.8, 4) is 5.75 Å². The first-order valence-electron chi connectivity index (χ1n) is 12.2. The summed E-state index contributed by atoms with van der Waals surface area (Å²) in [5.41, 5.74) is 6.36. The number of guanidine groups is 1. The van der Waals surface area contributed by atoms with E-state index in [9.17, 15) is 18.0 Å². The van der Waals surface area contributed by atoms with Crippen LogP contribution < -0.4 is 20.5 Å². The minimum Gasteiger partial charge on any atom is -0.493 e. The second-order valence-corrected chi connectivity index (χ2v) is 11.1. The fraction of sp³-hybridized carbons (Fsp3) is 0.609. The molecule has 0 bridgehead atoms. The number of benzene rings is 1. The van der Waals surface area contributed by atoms with Crippen molar-refractivity contribution in [3.63, 3.8) is 0 Å². The van der Waals surface area contributed by atoms with Crippen LogP contribution in [-0.2, 0) is 26.0 Å². The molecule has 2 fully saturated rings. The standard InChI is InChI=1S/C23H34N6O5S/c24-23(25)28-10-6-16(7-11-28)14-26-21(30)15-29-9-2-1-3-19(22(29)31)27-35(32,33)18-4-5-20-17(13-18)8-12-34-20/h4-5,13,16,19,27H,1-3,6-12,14-15H2,(H3,24,25)(H,26,30)/t19-/m0/s1. The molecule has 0 saturated carbocycles. The van der Waals surface area contributed by atoms with Gasteiger partial charge in [0.25, 0.3) is 0 Å². The molecule has 1 atom stereocenters. The first-order valence-corrected chi connectivity index (χ1v) is 13.6. The number of ether oxygens (including phenoxy) is 1. The normalized spacial score (nSPS) is 21.3. The molecule has 4 rings (SSSR count). The number of carbonyl (C=O) groups is 2. The Kier molecular flexibility index (Phi) is 7.80. The summed E-state index contributed by atoms with van der Waals surface area (Å²) in [5, 5.41) is 10.4. The van der Waals surface area contributed by atoms with E-state index in [2.05, 4.69) is 10.0 Å². The van der Waals surface area contributed by atoms with Gasteiger partial charge >= 0.3 is 0 Å². The number of hydrogen-bond acceptors (Lipinski definition) is 6. The van der Waals surface area contributed by atoms with Crippen molar-refractivity contribution in [3.05, 3.63) is 23.8 Å². The highest BCUT2D eigenvalue weighted by Crippen LogP contribution is 2.28. The Morgan fingerprint density at radius 1 is 1.17 bits per heavy atom. The van der Waals surface area contributed by atoms with Gasteiger partial charge in [0.2, 0.25) is 21.8 Å². The van der Waals surface area contributed by atoms with Crippen LogP contribution in [0.1, 0.15) is 37.7 Å². The number of carbonyl (C=O) groups excluding carboxylic acids is 2. The number of hydrogen-bond donors (Lipinski definition) is 4. The first kappa shape index (κ1) is 25.2. The van der Waals surface area contributed by atoms with Crippen molar-refractivity contribution in [2.75, 3.05) is 39.3 Å². The van der Waals surface area contributed by atoms with E-state index >= 15 is 0 Å². The highest BCUT2D eigenvalue weighted by molar-refractivity contribution is 7.89. The Bertz CT molecular complexity index is 1070. The maximum absolute atomic E-state index is 13.1. The molecule has 3 heterocycles. The van der Waals surface area contributed by atoms with Crippen LogP contribution in [0, 0.1) is 11.3 Å². The first-order chi connectivity index (χ1) is 16.7. The molecule has 0 unspecified atom stereocenters. The van der Waals surface area contributed by atoms with Gasteiger partial charge < -0.3 is 25.6 Å². The number of sulfonamides is 1. The van der Waals surface area contributed by atoms with E-state index < -0.39 is 16.1 Å². The molecule has 5 N–H and O–H groups in total. The van der Waals surface area contributed by atoms with E-state index in [-0.39, 0.29) is 29.2 Å². The second-order valence-electron chi connectivity index (χ2n) is 9.42. The van der Waals surface area contributed by atoms with E-state index in [4.69, 9.17) is 15.9 Å². The number of amides is 2. The van der Waals surface area contributed by atoms with E-state index in [0.29, 0.717) is 70.1 Å². The number of nitrogens with one attached hydrogen (secondary N) is 3. The average molecular weight is 507 g/mol. The lowest BCUT2D eigenvalue weighted by Crippen LogP contribution is -2.50. The highest BCUT2D eigenvalue weighted by Gasteiger charge is 2.32. The van der Waals surface area contributed by atoms with E-state index in [1.54, 1.807) is 12.1 Å². The molecular formula is C23H34N6O5S. The Morgan fingerprint density at radius 3 is 2.69 bits per heavy atom. The lowest BCUT2D eigenvalue weighted by Gasteiger charge is -2.32. The SMILES string of the molecule is N=C(N)N1CCC(CNC(=O)CN2CCCC[C@H](NS(=O)(=O)c3ccc4c(c3)CCO4)C2=O)CC1. The topological polar surface area (TPSA) is 158 Å². The van der Waals surface area contributed by atoms with E-state index in [1.165, 1.54) is 11.0 Å². The molecule has 1 aromatic rings. The third kappa shape index (κ3) is 6.23. The summed E-state index contributed by atoms with van der Waals surface area (Å²) in [6, 6.07) is 3.82. The largest absolute Gasteiger partial charge is 0.493 e. The van der Waals surface area contributed by atoms with Crippen molar-refractivity contribution in [2.24, 2.45) is 11.7 Å². The maximum atomic E-state index is 13.1.